The quantitative estimate of drug-likeness (QED) is 0.428. The molecular formula is C5H10NO-. The molecule has 1 saturated heterocycles. The molecule has 0 aromatic heterocycles. The van der Waals surface area contributed by atoms with E-state index in [1.54, 1.807) is 0 Å². The van der Waals surface area contributed by atoms with Gasteiger partial charge >= 0.3 is 0 Å². The van der Waals surface area contributed by atoms with Gasteiger partial charge < -0.3 is 10.0 Å². The number of likely N-dealkylation sites (tertiary alicyclic amines) is 1. The van der Waals surface area contributed by atoms with Gasteiger partial charge in [0.25, 0.3) is 0 Å². The summed E-state index contributed by atoms with van der Waals surface area (Å²) in [4.78, 5) is 1.88. The zero-order valence-electron chi connectivity index (χ0n) is 4.30. The van der Waals surface area contributed by atoms with Gasteiger partial charge in [-0.15, -0.1) is 0 Å². The van der Waals surface area contributed by atoms with E-state index in [0.29, 0.717) is 0 Å². The average molecular weight is 100 g/mol. The zero-order valence-corrected chi connectivity index (χ0v) is 4.30. The number of β-amino-alcohol motifs (C(OH)–C–C–N with tert-alkyl or cyclic N) is 1. The third kappa shape index (κ3) is 1.14. The predicted octanol–water partition coefficient (Wildman–Crippen LogP) is -0.155. The van der Waals surface area contributed by atoms with Gasteiger partial charge in [0.1, 0.15) is 0 Å². The Hall–Kier alpha value is -0.0800. The van der Waals surface area contributed by atoms with Gasteiger partial charge in [-0.2, -0.15) is 0 Å². The first-order valence-electron chi connectivity index (χ1n) is 2.52. The number of rotatable bonds is 0. The molecule has 1 heterocycles. The molecule has 1 atom stereocenters. The van der Waals surface area contributed by atoms with Crippen LogP contribution in [0.3, 0.4) is 0 Å². The van der Waals surface area contributed by atoms with Crippen LogP contribution in [-0.2, 0) is 0 Å². The molecule has 1 aliphatic rings. The van der Waals surface area contributed by atoms with E-state index in [9.17, 15) is 0 Å². The lowest BCUT2D eigenvalue weighted by atomic mass is 10.3. The highest BCUT2D eigenvalue weighted by atomic mass is 16.3. The Morgan fingerprint density at radius 3 is 2.57 bits per heavy atom. The number of aliphatic hydroxyl groups excluding tert-OH is 1. The van der Waals surface area contributed by atoms with Crippen LogP contribution in [0.2, 0.25) is 0 Å². The monoisotopic (exact) mass is 100 g/mol. The summed E-state index contributed by atoms with van der Waals surface area (Å²) in [6.07, 6.45) is 0.779. The topological polar surface area (TPSA) is 23.5 Å². The Balaban J connectivity index is 2.26. The van der Waals surface area contributed by atoms with Crippen LogP contribution in [-0.4, -0.2) is 29.2 Å². The molecule has 1 fully saturated rings. The molecule has 0 aromatic rings. The van der Waals surface area contributed by atoms with Crippen molar-refractivity contribution in [2.24, 2.45) is 0 Å². The van der Waals surface area contributed by atoms with Crippen LogP contribution in [0.15, 0.2) is 0 Å². The molecule has 0 amide bonds. The van der Waals surface area contributed by atoms with Crippen molar-refractivity contribution >= 4 is 0 Å². The fraction of sp³-hybridized carbons (Fsp3) is 0.800. The summed E-state index contributed by atoms with van der Waals surface area (Å²) in [6.45, 7) is 1.70. The molecule has 7 heavy (non-hydrogen) atoms. The van der Waals surface area contributed by atoms with Crippen molar-refractivity contribution in [3.63, 3.8) is 0 Å². The minimum Gasteiger partial charge on any atom is -0.457 e. The average Bonchev–Trinajstić information content (AvgIpc) is 1.87. The fourth-order valence-electron chi connectivity index (χ4n) is 0.812. The van der Waals surface area contributed by atoms with Crippen molar-refractivity contribution < 1.29 is 5.11 Å². The molecule has 1 aliphatic heterocycles. The zero-order chi connectivity index (χ0) is 5.28. The van der Waals surface area contributed by atoms with Crippen molar-refractivity contribution in [1.82, 2.24) is 4.90 Å². The number of hydrogen-bond donors (Lipinski definition) is 1. The minimum absolute atomic E-state index is 0.113. The van der Waals surface area contributed by atoms with E-state index in [1.807, 2.05) is 4.90 Å². The minimum atomic E-state index is -0.113. The maximum Gasteiger partial charge on any atom is 0.0654 e. The molecular weight excluding hydrogens is 90.1 g/mol. The van der Waals surface area contributed by atoms with Gasteiger partial charge in [0, 0.05) is 0 Å². The predicted molar refractivity (Wildman–Crippen MR) is 27.6 cm³/mol. The Kier molecular flexibility index (Phi) is 1.30. The second-order valence-electron chi connectivity index (χ2n) is 2.02. The number of nitrogens with zero attached hydrogens (tertiary/aromatic N) is 1. The van der Waals surface area contributed by atoms with Crippen LogP contribution in [0.25, 0.3) is 0 Å². The van der Waals surface area contributed by atoms with Crippen LogP contribution in [0.1, 0.15) is 6.42 Å². The molecule has 1 rings (SSSR count). The first-order chi connectivity index (χ1) is 3.29. The molecule has 0 radical (unpaired) electrons. The smallest absolute Gasteiger partial charge is 0.0654 e. The van der Waals surface area contributed by atoms with E-state index in [1.165, 1.54) is 0 Å². The third-order valence-corrected chi connectivity index (χ3v) is 1.25. The van der Waals surface area contributed by atoms with Crippen LogP contribution in [0.4, 0.5) is 0 Å². The lowest BCUT2D eigenvalue weighted by Gasteiger charge is -2.13. The highest BCUT2D eigenvalue weighted by Gasteiger charge is 2.10. The van der Waals surface area contributed by atoms with E-state index >= 15 is 0 Å². The maximum atomic E-state index is 8.82. The number of aliphatic hydroxyl groups is 1. The van der Waals surface area contributed by atoms with Crippen molar-refractivity contribution in [2.45, 2.75) is 12.5 Å². The molecule has 0 saturated carbocycles. The van der Waals surface area contributed by atoms with Gasteiger partial charge in [-0.1, -0.05) is 0 Å². The van der Waals surface area contributed by atoms with Crippen LogP contribution in [0.5, 0.6) is 0 Å². The van der Waals surface area contributed by atoms with E-state index < -0.39 is 0 Å². The molecule has 0 aromatic carbocycles. The molecule has 2 nitrogen and oxygen atoms in total. The number of hydrogen-bond acceptors (Lipinski definition) is 2. The Labute approximate surface area is 43.7 Å². The summed E-state index contributed by atoms with van der Waals surface area (Å²) in [6, 6.07) is 0. The normalized spacial score (nSPS) is 34.3. The van der Waals surface area contributed by atoms with E-state index in [-0.39, 0.29) is 6.10 Å². The first kappa shape index (κ1) is 5.06. The second kappa shape index (κ2) is 1.80. The van der Waals surface area contributed by atoms with Crippen LogP contribution >= 0.6 is 0 Å². The highest BCUT2D eigenvalue weighted by Crippen LogP contribution is 2.05. The van der Waals surface area contributed by atoms with Crippen molar-refractivity contribution in [1.29, 1.82) is 0 Å². The Morgan fingerprint density at radius 2 is 2.43 bits per heavy atom. The Bertz CT molecular complexity index is 57.1. The highest BCUT2D eigenvalue weighted by molar-refractivity contribution is 4.72. The molecule has 0 spiro atoms. The van der Waals surface area contributed by atoms with E-state index in [0.717, 1.165) is 19.5 Å². The van der Waals surface area contributed by atoms with Crippen LogP contribution in [0, 0.1) is 7.05 Å². The van der Waals surface area contributed by atoms with Crippen molar-refractivity contribution in [3.8, 4) is 0 Å². The van der Waals surface area contributed by atoms with E-state index in [2.05, 4.69) is 7.05 Å². The molecule has 0 bridgehead atoms. The molecule has 1 N–H and O–H groups in total. The summed E-state index contributed by atoms with van der Waals surface area (Å²) < 4.78 is 0. The lowest BCUT2D eigenvalue weighted by molar-refractivity contribution is 0.185. The standard InChI is InChI=1S/C5H10NO/c1-6-3-2-5(7)4-6/h5,7H,1-4H2/q-1. The molecule has 1 unspecified atom stereocenters. The summed E-state index contributed by atoms with van der Waals surface area (Å²) in [5.74, 6) is 0. The Morgan fingerprint density at radius 1 is 1.71 bits per heavy atom. The van der Waals surface area contributed by atoms with Gasteiger partial charge in [0.2, 0.25) is 0 Å². The maximum absolute atomic E-state index is 8.82. The fourth-order valence-corrected chi connectivity index (χ4v) is 0.812. The third-order valence-electron chi connectivity index (χ3n) is 1.25. The second-order valence-corrected chi connectivity index (χ2v) is 2.02. The van der Waals surface area contributed by atoms with Crippen molar-refractivity contribution in [3.05, 3.63) is 7.05 Å². The van der Waals surface area contributed by atoms with Crippen molar-refractivity contribution in [2.75, 3.05) is 13.1 Å². The molecule has 42 valence electrons. The van der Waals surface area contributed by atoms with Gasteiger partial charge in [0.05, 0.1) is 6.10 Å². The van der Waals surface area contributed by atoms with Crippen LogP contribution < -0.4 is 0 Å². The van der Waals surface area contributed by atoms with Gasteiger partial charge in [-0.3, -0.25) is 7.05 Å². The summed E-state index contributed by atoms with van der Waals surface area (Å²) >= 11 is 0. The molecule has 2 heteroatoms. The lowest BCUT2D eigenvalue weighted by Crippen LogP contribution is -2.13. The SMILES string of the molecule is [CH2-]N1CCC(O)C1. The summed E-state index contributed by atoms with van der Waals surface area (Å²) in [5, 5.41) is 8.82. The van der Waals surface area contributed by atoms with Gasteiger partial charge in [0.15, 0.2) is 0 Å². The van der Waals surface area contributed by atoms with E-state index in [4.69, 9.17) is 5.11 Å². The molecule has 0 aliphatic carbocycles. The first-order valence-corrected chi connectivity index (χ1v) is 2.52. The van der Waals surface area contributed by atoms with Gasteiger partial charge in [-0.25, -0.2) is 0 Å². The largest absolute Gasteiger partial charge is 0.457 e. The van der Waals surface area contributed by atoms with Gasteiger partial charge in [-0.05, 0) is 19.5 Å². The summed E-state index contributed by atoms with van der Waals surface area (Å²) in [7, 11) is 3.66. The summed E-state index contributed by atoms with van der Waals surface area (Å²) in [5.41, 5.74) is 0.